The summed E-state index contributed by atoms with van der Waals surface area (Å²) >= 11 is 0. The molecule has 6 heteroatoms. The van der Waals surface area contributed by atoms with Crippen LogP contribution in [0.2, 0.25) is 0 Å². The van der Waals surface area contributed by atoms with Crippen molar-refractivity contribution in [3.63, 3.8) is 0 Å². The molecule has 0 aliphatic carbocycles. The summed E-state index contributed by atoms with van der Waals surface area (Å²) in [5, 5.41) is 6.74. The Hall–Kier alpha value is -3.41. The van der Waals surface area contributed by atoms with E-state index in [1.54, 1.807) is 24.3 Å². The predicted molar refractivity (Wildman–Crippen MR) is 102 cm³/mol. The van der Waals surface area contributed by atoms with E-state index in [1.807, 2.05) is 38.1 Å². The van der Waals surface area contributed by atoms with Gasteiger partial charge < -0.3 is 14.6 Å². The molecule has 1 heterocycles. The van der Waals surface area contributed by atoms with Gasteiger partial charge in [0.2, 0.25) is 11.7 Å². The lowest BCUT2D eigenvalue weighted by Gasteiger charge is -2.07. The van der Waals surface area contributed by atoms with Crippen LogP contribution in [-0.4, -0.2) is 22.7 Å². The van der Waals surface area contributed by atoms with Gasteiger partial charge in [-0.3, -0.25) is 4.79 Å². The number of amides is 1. The van der Waals surface area contributed by atoms with E-state index in [0.717, 1.165) is 16.7 Å². The fourth-order valence-corrected chi connectivity index (χ4v) is 2.42. The Bertz CT molecular complexity index is 963. The maximum absolute atomic E-state index is 12.4. The third-order valence-electron chi connectivity index (χ3n) is 3.73. The zero-order chi connectivity index (χ0) is 19.2. The minimum atomic E-state index is -0.244. The topological polar surface area (TPSA) is 77.2 Å². The van der Waals surface area contributed by atoms with Gasteiger partial charge in [-0.1, -0.05) is 41.6 Å². The molecule has 0 bridgehead atoms. The first-order valence-electron chi connectivity index (χ1n) is 8.56. The van der Waals surface area contributed by atoms with Gasteiger partial charge in [-0.05, 0) is 43.7 Å². The van der Waals surface area contributed by atoms with E-state index >= 15 is 0 Å². The maximum Gasteiger partial charge on any atom is 0.251 e. The first kappa shape index (κ1) is 18.4. The number of hydrogen-bond donors (Lipinski definition) is 1. The largest absolute Gasteiger partial charge is 0.489 e. The van der Waals surface area contributed by atoms with Crippen molar-refractivity contribution < 1.29 is 14.1 Å². The molecule has 6 nitrogen and oxygen atoms in total. The number of aromatic nitrogens is 2. The van der Waals surface area contributed by atoms with Crippen molar-refractivity contribution in [1.29, 1.82) is 0 Å². The van der Waals surface area contributed by atoms with E-state index < -0.39 is 0 Å². The second kappa shape index (κ2) is 8.31. The molecule has 1 aromatic heterocycles. The molecule has 2 aromatic carbocycles. The van der Waals surface area contributed by atoms with Gasteiger partial charge in [0.25, 0.3) is 5.91 Å². The van der Waals surface area contributed by atoms with E-state index in [4.69, 9.17) is 9.26 Å². The standard InChI is InChI=1S/C21H21N3O3/c1-14(2)13-26-18-9-5-8-17(11-18)21(25)22-12-19-23-20(24-27-19)16-7-4-6-15(3)10-16/h4-11H,1,12-13H2,2-3H3,(H,22,25). The van der Waals surface area contributed by atoms with Crippen molar-refractivity contribution >= 4 is 5.91 Å². The van der Waals surface area contributed by atoms with Crippen LogP contribution >= 0.6 is 0 Å². The minimum absolute atomic E-state index is 0.147. The van der Waals surface area contributed by atoms with Crippen molar-refractivity contribution in [2.24, 2.45) is 0 Å². The van der Waals surface area contributed by atoms with Crippen LogP contribution in [0.15, 0.2) is 65.2 Å². The highest BCUT2D eigenvalue weighted by Gasteiger charge is 2.11. The molecule has 0 saturated carbocycles. The number of nitrogens with one attached hydrogen (secondary N) is 1. The van der Waals surface area contributed by atoms with Crippen LogP contribution in [0.25, 0.3) is 11.4 Å². The fraction of sp³-hybridized carbons (Fsp3) is 0.190. The number of nitrogens with zero attached hydrogens (tertiary/aromatic N) is 2. The number of benzene rings is 2. The maximum atomic E-state index is 12.4. The monoisotopic (exact) mass is 363 g/mol. The van der Waals surface area contributed by atoms with Crippen molar-refractivity contribution in [3.05, 3.63) is 77.7 Å². The van der Waals surface area contributed by atoms with Gasteiger partial charge in [0, 0.05) is 11.1 Å². The SMILES string of the molecule is C=C(C)COc1cccc(C(=O)NCc2nc(-c3cccc(C)c3)no2)c1. The van der Waals surface area contributed by atoms with Crippen LogP contribution in [0, 0.1) is 6.92 Å². The Balaban J connectivity index is 1.61. The highest BCUT2D eigenvalue weighted by atomic mass is 16.5. The summed E-state index contributed by atoms with van der Waals surface area (Å²) in [5.74, 6) is 1.21. The zero-order valence-corrected chi connectivity index (χ0v) is 15.4. The van der Waals surface area contributed by atoms with Gasteiger partial charge in [0.15, 0.2) is 0 Å². The second-order valence-electron chi connectivity index (χ2n) is 6.34. The average molecular weight is 363 g/mol. The number of aryl methyl sites for hydroxylation is 1. The lowest BCUT2D eigenvalue weighted by atomic mass is 10.1. The van der Waals surface area contributed by atoms with Crippen molar-refractivity contribution in [3.8, 4) is 17.1 Å². The van der Waals surface area contributed by atoms with Crippen molar-refractivity contribution in [2.45, 2.75) is 20.4 Å². The Kier molecular flexibility index (Phi) is 5.66. The minimum Gasteiger partial charge on any atom is -0.489 e. The first-order valence-corrected chi connectivity index (χ1v) is 8.56. The molecule has 0 spiro atoms. The molecule has 0 fully saturated rings. The Labute approximate surface area is 157 Å². The molecule has 1 amide bonds. The Morgan fingerprint density at radius 1 is 1.22 bits per heavy atom. The summed E-state index contributed by atoms with van der Waals surface area (Å²) in [5.41, 5.74) is 3.39. The summed E-state index contributed by atoms with van der Waals surface area (Å²) < 4.78 is 10.8. The summed E-state index contributed by atoms with van der Waals surface area (Å²) in [6.45, 7) is 8.23. The lowest BCUT2D eigenvalue weighted by molar-refractivity contribution is 0.0946. The molecule has 0 aliphatic rings. The third-order valence-corrected chi connectivity index (χ3v) is 3.73. The number of rotatable bonds is 7. The number of hydrogen-bond acceptors (Lipinski definition) is 5. The van der Waals surface area contributed by atoms with E-state index in [2.05, 4.69) is 22.0 Å². The van der Waals surface area contributed by atoms with Crippen LogP contribution in [-0.2, 0) is 6.54 Å². The van der Waals surface area contributed by atoms with Crippen molar-refractivity contribution in [2.75, 3.05) is 6.61 Å². The van der Waals surface area contributed by atoms with E-state index in [0.29, 0.717) is 29.6 Å². The highest BCUT2D eigenvalue weighted by molar-refractivity contribution is 5.94. The molecule has 138 valence electrons. The van der Waals surface area contributed by atoms with Gasteiger partial charge in [0.05, 0.1) is 6.54 Å². The third kappa shape index (κ3) is 5.04. The van der Waals surface area contributed by atoms with E-state index in [9.17, 15) is 4.79 Å². The molecule has 27 heavy (non-hydrogen) atoms. The van der Waals surface area contributed by atoms with Crippen LogP contribution in [0.4, 0.5) is 0 Å². The quantitative estimate of drug-likeness (QED) is 0.644. The van der Waals surface area contributed by atoms with Gasteiger partial charge >= 0.3 is 0 Å². The average Bonchev–Trinajstić information content (AvgIpc) is 3.14. The highest BCUT2D eigenvalue weighted by Crippen LogP contribution is 2.17. The Morgan fingerprint density at radius 2 is 2.04 bits per heavy atom. The lowest BCUT2D eigenvalue weighted by Crippen LogP contribution is -2.23. The van der Waals surface area contributed by atoms with E-state index in [1.165, 1.54) is 0 Å². The summed E-state index contributed by atoms with van der Waals surface area (Å²) in [7, 11) is 0. The fourth-order valence-electron chi connectivity index (χ4n) is 2.42. The van der Waals surface area contributed by atoms with Gasteiger partial charge in [-0.25, -0.2) is 0 Å². The van der Waals surface area contributed by atoms with Crippen LogP contribution in [0.1, 0.15) is 28.7 Å². The normalized spacial score (nSPS) is 10.4. The molecule has 3 aromatic rings. The summed E-state index contributed by atoms with van der Waals surface area (Å²) in [6.07, 6.45) is 0. The number of carbonyl (C=O) groups excluding carboxylic acids is 1. The molecular formula is C21H21N3O3. The summed E-state index contributed by atoms with van der Waals surface area (Å²) in [6, 6.07) is 14.8. The van der Waals surface area contributed by atoms with Crippen LogP contribution < -0.4 is 10.1 Å². The molecule has 0 atom stereocenters. The molecular weight excluding hydrogens is 342 g/mol. The van der Waals surface area contributed by atoms with Gasteiger partial charge in [0.1, 0.15) is 12.4 Å². The second-order valence-corrected chi connectivity index (χ2v) is 6.34. The molecule has 0 saturated heterocycles. The molecule has 1 N–H and O–H groups in total. The number of carbonyl (C=O) groups is 1. The molecule has 0 radical (unpaired) electrons. The molecule has 0 aliphatic heterocycles. The van der Waals surface area contributed by atoms with Crippen molar-refractivity contribution in [1.82, 2.24) is 15.5 Å². The Morgan fingerprint density at radius 3 is 2.81 bits per heavy atom. The molecule has 3 rings (SSSR count). The van der Waals surface area contributed by atoms with Gasteiger partial charge in [-0.2, -0.15) is 4.98 Å². The van der Waals surface area contributed by atoms with E-state index in [-0.39, 0.29) is 12.5 Å². The number of ether oxygens (including phenoxy) is 1. The predicted octanol–water partition coefficient (Wildman–Crippen LogP) is 3.93. The van der Waals surface area contributed by atoms with Crippen LogP contribution in [0.3, 0.4) is 0 Å². The van der Waals surface area contributed by atoms with Gasteiger partial charge in [-0.15, -0.1) is 0 Å². The first-order chi connectivity index (χ1) is 13.0. The molecule has 0 unspecified atom stereocenters. The summed E-state index contributed by atoms with van der Waals surface area (Å²) in [4.78, 5) is 16.7. The van der Waals surface area contributed by atoms with Crippen LogP contribution in [0.5, 0.6) is 5.75 Å². The smallest absolute Gasteiger partial charge is 0.251 e. The zero-order valence-electron chi connectivity index (χ0n) is 15.4.